The van der Waals surface area contributed by atoms with E-state index < -0.39 is 0 Å². The molecular formula is C11H21N3. The van der Waals surface area contributed by atoms with Gasteiger partial charge >= 0.3 is 0 Å². The van der Waals surface area contributed by atoms with Gasteiger partial charge in [-0.2, -0.15) is 0 Å². The summed E-state index contributed by atoms with van der Waals surface area (Å²) in [4.78, 5) is 4.51. The van der Waals surface area contributed by atoms with Crippen molar-refractivity contribution in [1.82, 2.24) is 9.55 Å². The van der Waals surface area contributed by atoms with Gasteiger partial charge in [0.2, 0.25) is 0 Å². The summed E-state index contributed by atoms with van der Waals surface area (Å²) in [6, 6.07) is 0.401. The maximum atomic E-state index is 6.05. The molecular weight excluding hydrogens is 174 g/mol. The highest BCUT2D eigenvalue weighted by molar-refractivity contribution is 5.38. The van der Waals surface area contributed by atoms with Crippen molar-refractivity contribution < 1.29 is 0 Å². The van der Waals surface area contributed by atoms with E-state index in [0.717, 1.165) is 23.8 Å². The Hall–Kier alpha value is -0.990. The van der Waals surface area contributed by atoms with E-state index in [-0.39, 0.29) is 0 Å². The quantitative estimate of drug-likeness (QED) is 0.802. The van der Waals surface area contributed by atoms with Gasteiger partial charge in [-0.15, -0.1) is 0 Å². The predicted molar refractivity (Wildman–Crippen MR) is 60.4 cm³/mol. The van der Waals surface area contributed by atoms with Crippen LogP contribution in [-0.2, 0) is 6.42 Å². The molecule has 0 aliphatic heterocycles. The lowest BCUT2D eigenvalue weighted by molar-refractivity contribution is 0.590. The van der Waals surface area contributed by atoms with E-state index in [1.165, 1.54) is 12.8 Å². The van der Waals surface area contributed by atoms with Gasteiger partial charge < -0.3 is 10.3 Å². The molecule has 14 heavy (non-hydrogen) atoms. The molecule has 0 saturated carbocycles. The van der Waals surface area contributed by atoms with Crippen LogP contribution in [0, 0.1) is 6.92 Å². The summed E-state index contributed by atoms with van der Waals surface area (Å²) in [7, 11) is 0. The fraction of sp³-hybridized carbons (Fsp3) is 0.727. The van der Waals surface area contributed by atoms with Crippen molar-refractivity contribution in [3.63, 3.8) is 0 Å². The van der Waals surface area contributed by atoms with Gasteiger partial charge in [0.05, 0.1) is 5.69 Å². The molecule has 0 spiro atoms. The number of nitrogen functional groups attached to an aromatic ring is 1. The highest BCUT2D eigenvalue weighted by Crippen LogP contribution is 2.20. The SMILES string of the molecule is CCCCc1nc(C)n(C(C)C)c1N. The van der Waals surface area contributed by atoms with E-state index in [1.807, 2.05) is 6.92 Å². The molecule has 2 N–H and O–H groups in total. The molecule has 1 rings (SSSR count). The molecule has 80 valence electrons. The first-order valence-corrected chi connectivity index (χ1v) is 5.41. The van der Waals surface area contributed by atoms with Gasteiger partial charge in [-0.1, -0.05) is 13.3 Å². The highest BCUT2D eigenvalue weighted by Gasteiger charge is 2.12. The van der Waals surface area contributed by atoms with Crippen LogP contribution in [0.3, 0.4) is 0 Å². The Morgan fingerprint density at radius 1 is 1.43 bits per heavy atom. The van der Waals surface area contributed by atoms with Crippen molar-refractivity contribution in [2.75, 3.05) is 5.73 Å². The molecule has 1 aromatic heterocycles. The number of anilines is 1. The molecule has 0 atom stereocenters. The van der Waals surface area contributed by atoms with Crippen LogP contribution in [0.5, 0.6) is 0 Å². The van der Waals surface area contributed by atoms with Gasteiger partial charge in [-0.3, -0.25) is 0 Å². The fourth-order valence-electron chi connectivity index (χ4n) is 1.80. The number of nitrogens with two attached hydrogens (primary N) is 1. The van der Waals surface area contributed by atoms with Gasteiger partial charge in [0.25, 0.3) is 0 Å². The Balaban J connectivity index is 2.92. The second-order valence-corrected chi connectivity index (χ2v) is 4.06. The van der Waals surface area contributed by atoms with E-state index in [0.29, 0.717) is 6.04 Å². The predicted octanol–water partition coefficient (Wildman–Crippen LogP) is 2.70. The highest BCUT2D eigenvalue weighted by atomic mass is 15.2. The summed E-state index contributed by atoms with van der Waals surface area (Å²) in [5, 5.41) is 0. The molecule has 1 aromatic rings. The summed E-state index contributed by atoms with van der Waals surface area (Å²) < 4.78 is 2.10. The van der Waals surface area contributed by atoms with Crippen molar-refractivity contribution in [3.8, 4) is 0 Å². The topological polar surface area (TPSA) is 43.8 Å². The third-order valence-electron chi connectivity index (χ3n) is 2.48. The zero-order valence-electron chi connectivity index (χ0n) is 9.67. The fourth-order valence-corrected chi connectivity index (χ4v) is 1.80. The van der Waals surface area contributed by atoms with Crippen LogP contribution in [0.2, 0.25) is 0 Å². The van der Waals surface area contributed by atoms with Gasteiger partial charge in [0.1, 0.15) is 11.6 Å². The van der Waals surface area contributed by atoms with Crippen molar-refractivity contribution >= 4 is 5.82 Å². The number of nitrogens with zero attached hydrogens (tertiary/aromatic N) is 2. The lowest BCUT2D eigenvalue weighted by Crippen LogP contribution is -2.07. The van der Waals surface area contributed by atoms with Crippen molar-refractivity contribution in [2.45, 2.75) is 53.0 Å². The second kappa shape index (κ2) is 4.49. The van der Waals surface area contributed by atoms with Crippen LogP contribution < -0.4 is 5.73 Å². The van der Waals surface area contributed by atoms with Crippen LogP contribution in [-0.4, -0.2) is 9.55 Å². The summed E-state index contributed by atoms with van der Waals surface area (Å²) in [5.74, 6) is 1.88. The number of aryl methyl sites for hydroxylation is 2. The molecule has 0 aliphatic carbocycles. The molecule has 0 aliphatic rings. The minimum Gasteiger partial charge on any atom is -0.384 e. The van der Waals surface area contributed by atoms with Crippen LogP contribution in [0.4, 0.5) is 5.82 Å². The standard InChI is InChI=1S/C11H21N3/c1-5-6-7-10-11(12)14(8(2)3)9(4)13-10/h8H,5-7,12H2,1-4H3. The molecule has 1 heterocycles. The van der Waals surface area contributed by atoms with Crippen LogP contribution in [0.15, 0.2) is 0 Å². The van der Waals surface area contributed by atoms with E-state index in [1.54, 1.807) is 0 Å². The Bertz CT molecular complexity index is 300. The summed E-state index contributed by atoms with van der Waals surface area (Å²) in [5.41, 5.74) is 7.11. The lowest BCUT2D eigenvalue weighted by Gasteiger charge is -2.11. The molecule has 0 radical (unpaired) electrons. The molecule has 0 fully saturated rings. The van der Waals surface area contributed by atoms with Gasteiger partial charge in [-0.05, 0) is 33.6 Å². The maximum absolute atomic E-state index is 6.05. The Morgan fingerprint density at radius 3 is 2.50 bits per heavy atom. The molecule has 0 amide bonds. The molecule has 0 saturated heterocycles. The summed E-state index contributed by atoms with van der Waals surface area (Å²) in [6.07, 6.45) is 3.36. The molecule has 0 bridgehead atoms. The number of aromatic nitrogens is 2. The van der Waals surface area contributed by atoms with Gasteiger partial charge in [0.15, 0.2) is 0 Å². The smallest absolute Gasteiger partial charge is 0.127 e. The molecule has 0 aromatic carbocycles. The van der Waals surface area contributed by atoms with Crippen molar-refractivity contribution in [3.05, 3.63) is 11.5 Å². The number of imidazole rings is 1. The minimum absolute atomic E-state index is 0.401. The van der Waals surface area contributed by atoms with Crippen molar-refractivity contribution in [1.29, 1.82) is 0 Å². The first-order valence-electron chi connectivity index (χ1n) is 5.41. The van der Waals surface area contributed by atoms with Gasteiger partial charge in [-0.25, -0.2) is 4.98 Å². The molecule has 0 unspecified atom stereocenters. The third kappa shape index (κ3) is 2.08. The van der Waals surface area contributed by atoms with Crippen LogP contribution in [0.1, 0.15) is 51.2 Å². The average Bonchev–Trinajstić information content (AvgIpc) is 2.38. The second-order valence-electron chi connectivity index (χ2n) is 4.06. The molecule has 3 heteroatoms. The minimum atomic E-state index is 0.401. The number of unbranched alkanes of at least 4 members (excludes halogenated alkanes) is 1. The zero-order valence-corrected chi connectivity index (χ0v) is 9.67. The molecule has 3 nitrogen and oxygen atoms in total. The summed E-state index contributed by atoms with van der Waals surface area (Å²) in [6.45, 7) is 8.47. The summed E-state index contributed by atoms with van der Waals surface area (Å²) >= 11 is 0. The first kappa shape index (κ1) is 11.1. The Kier molecular flexibility index (Phi) is 3.55. The Labute approximate surface area is 86.3 Å². The van der Waals surface area contributed by atoms with E-state index in [2.05, 4.69) is 30.3 Å². The number of hydrogen-bond acceptors (Lipinski definition) is 2. The van der Waals surface area contributed by atoms with Crippen LogP contribution in [0.25, 0.3) is 0 Å². The number of hydrogen-bond donors (Lipinski definition) is 1. The van der Waals surface area contributed by atoms with Crippen molar-refractivity contribution in [2.24, 2.45) is 0 Å². The zero-order chi connectivity index (χ0) is 10.7. The first-order chi connectivity index (χ1) is 6.57. The van der Waals surface area contributed by atoms with Gasteiger partial charge in [0, 0.05) is 6.04 Å². The van der Waals surface area contributed by atoms with E-state index >= 15 is 0 Å². The maximum Gasteiger partial charge on any atom is 0.127 e. The average molecular weight is 195 g/mol. The largest absolute Gasteiger partial charge is 0.384 e. The van der Waals surface area contributed by atoms with E-state index in [9.17, 15) is 0 Å². The Morgan fingerprint density at radius 2 is 2.07 bits per heavy atom. The van der Waals surface area contributed by atoms with E-state index in [4.69, 9.17) is 5.73 Å². The third-order valence-corrected chi connectivity index (χ3v) is 2.48. The number of rotatable bonds is 4. The normalized spacial score (nSPS) is 11.2. The monoisotopic (exact) mass is 195 g/mol. The lowest BCUT2D eigenvalue weighted by atomic mass is 10.2. The van der Waals surface area contributed by atoms with Crippen LogP contribution >= 0.6 is 0 Å².